The Morgan fingerprint density at radius 1 is 1.33 bits per heavy atom. The monoisotopic (exact) mass is 244 g/mol. The van der Waals surface area contributed by atoms with E-state index in [1.807, 2.05) is 13.2 Å². The lowest BCUT2D eigenvalue weighted by Gasteiger charge is -2.15. The van der Waals surface area contributed by atoms with Crippen LogP contribution in [0.3, 0.4) is 0 Å². The molecule has 2 N–H and O–H groups in total. The Hall–Kier alpha value is -1.82. The molecular formula is C12H16N6. The van der Waals surface area contributed by atoms with Gasteiger partial charge in [0.25, 0.3) is 0 Å². The van der Waals surface area contributed by atoms with E-state index in [2.05, 4.69) is 30.7 Å². The molecule has 0 spiro atoms. The maximum absolute atomic E-state index is 4.64. The van der Waals surface area contributed by atoms with Crippen molar-refractivity contribution in [1.29, 1.82) is 0 Å². The normalized spacial score (nSPS) is 19.3. The zero-order valence-electron chi connectivity index (χ0n) is 10.3. The van der Waals surface area contributed by atoms with Gasteiger partial charge in [-0.15, -0.1) is 0 Å². The molecule has 94 valence electrons. The second-order valence-corrected chi connectivity index (χ2v) is 4.54. The number of hydrogen-bond acceptors (Lipinski definition) is 5. The first-order valence-electron chi connectivity index (χ1n) is 6.27. The summed E-state index contributed by atoms with van der Waals surface area (Å²) in [5.41, 5.74) is 3.06. The molecule has 2 heterocycles. The highest BCUT2D eigenvalue weighted by Crippen LogP contribution is 2.27. The highest BCUT2D eigenvalue weighted by atomic mass is 15.3. The van der Waals surface area contributed by atoms with Crippen molar-refractivity contribution in [2.75, 3.05) is 7.05 Å². The summed E-state index contributed by atoms with van der Waals surface area (Å²) in [6.07, 6.45) is 8.14. The smallest absolute Gasteiger partial charge is 0.181 e. The molecule has 6 heteroatoms. The SMILES string of the molecule is CNC1CCCCc2nc(-c3cn[nH]n3)ncc21. The van der Waals surface area contributed by atoms with E-state index < -0.39 is 0 Å². The molecule has 1 aliphatic carbocycles. The van der Waals surface area contributed by atoms with Gasteiger partial charge in [0.1, 0.15) is 5.69 Å². The van der Waals surface area contributed by atoms with Crippen LogP contribution >= 0.6 is 0 Å². The zero-order chi connectivity index (χ0) is 12.4. The Kier molecular flexibility index (Phi) is 3.02. The van der Waals surface area contributed by atoms with E-state index in [9.17, 15) is 0 Å². The Bertz CT molecular complexity index is 521. The minimum Gasteiger partial charge on any atom is -0.313 e. The Labute approximate surface area is 105 Å². The van der Waals surface area contributed by atoms with Crippen LogP contribution in [0.25, 0.3) is 11.5 Å². The molecule has 1 aliphatic rings. The van der Waals surface area contributed by atoms with E-state index in [1.54, 1.807) is 6.20 Å². The number of hydrogen-bond donors (Lipinski definition) is 2. The molecule has 0 fully saturated rings. The van der Waals surface area contributed by atoms with Crippen molar-refractivity contribution in [1.82, 2.24) is 30.7 Å². The molecule has 0 aromatic carbocycles. The fourth-order valence-corrected chi connectivity index (χ4v) is 2.45. The van der Waals surface area contributed by atoms with Gasteiger partial charge in [0.15, 0.2) is 5.82 Å². The highest BCUT2D eigenvalue weighted by Gasteiger charge is 2.19. The summed E-state index contributed by atoms with van der Waals surface area (Å²) in [4.78, 5) is 9.04. The van der Waals surface area contributed by atoms with Crippen LogP contribution in [0.5, 0.6) is 0 Å². The fraction of sp³-hybridized carbons (Fsp3) is 0.500. The van der Waals surface area contributed by atoms with Crippen molar-refractivity contribution >= 4 is 0 Å². The van der Waals surface area contributed by atoms with Crippen LogP contribution in [0, 0.1) is 0 Å². The third-order valence-electron chi connectivity index (χ3n) is 3.42. The van der Waals surface area contributed by atoms with Gasteiger partial charge in [0.05, 0.1) is 6.20 Å². The molecular weight excluding hydrogens is 228 g/mol. The van der Waals surface area contributed by atoms with Crippen LogP contribution in [0.1, 0.15) is 36.6 Å². The molecule has 3 rings (SSSR count). The summed E-state index contributed by atoms with van der Waals surface area (Å²) >= 11 is 0. The number of aryl methyl sites for hydroxylation is 1. The Morgan fingerprint density at radius 2 is 2.28 bits per heavy atom. The van der Waals surface area contributed by atoms with Gasteiger partial charge in [0.2, 0.25) is 0 Å². The number of fused-ring (bicyclic) bond motifs is 1. The van der Waals surface area contributed by atoms with Gasteiger partial charge >= 0.3 is 0 Å². The number of rotatable bonds is 2. The molecule has 18 heavy (non-hydrogen) atoms. The van der Waals surface area contributed by atoms with Gasteiger partial charge in [0, 0.05) is 23.5 Å². The predicted molar refractivity (Wildman–Crippen MR) is 66.8 cm³/mol. The molecule has 2 aromatic rings. The van der Waals surface area contributed by atoms with Crippen LogP contribution in [0.2, 0.25) is 0 Å². The largest absolute Gasteiger partial charge is 0.313 e. The third-order valence-corrected chi connectivity index (χ3v) is 3.42. The average Bonchev–Trinajstić information content (AvgIpc) is 2.86. The van der Waals surface area contributed by atoms with Gasteiger partial charge in [-0.1, -0.05) is 6.42 Å². The number of aromatic amines is 1. The lowest BCUT2D eigenvalue weighted by molar-refractivity contribution is 0.532. The minimum atomic E-state index is 0.369. The Morgan fingerprint density at radius 3 is 3.06 bits per heavy atom. The molecule has 1 atom stereocenters. The molecule has 0 saturated carbocycles. The molecule has 0 amide bonds. The van der Waals surface area contributed by atoms with Gasteiger partial charge in [-0.25, -0.2) is 9.97 Å². The summed E-state index contributed by atoms with van der Waals surface area (Å²) in [6.45, 7) is 0. The first-order chi connectivity index (χ1) is 8.88. The maximum Gasteiger partial charge on any atom is 0.181 e. The molecule has 6 nitrogen and oxygen atoms in total. The summed E-state index contributed by atoms with van der Waals surface area (Å²) < 4.78 is 0. The van der Waals surface area contributed by atoms with E-state index >= 15 is 0 Å². The van der Waals surface area contributed by atoms with E-state index in [-0.39, 0.29) is 0 Å². The maximum atomic E-state index is 4.64. The van der Waals surface area contributed by atoms with Crippen LogP contribution in [0.15, 0.2) is 12.4 Å². The van der Waals surface area contributed by atoms with Gasteiger partial charge in [-0.3, -0.25) is 0 Å². The predicted octanol–water partition coefficient (Wildman–Crippen LogP) is 1.25. The lowest BCUT2D eigenvalue weighted by Crippen LogP contribution is -2.17. The number of nitrogens with zero attached hydrogens (tertiary/aromatic N) is 4. The fourth-order valence-electron chi connectivity index (χ4n) is 2.45. The number of aromatic nitrogens is 5. The Balaban J connectivity index is 2.01. The molecule has 0 bridgehead atoms. The van der Waals surface area contributed by atoms with E-state index in [4.69, 9.17) is 0 Å². The first-order valence-corrected chi connectivity index (χ1v) is 6.27. The van der Waals surface area contributed by atoms with Crippen molar-refractivity contribution in [2.45, 2.75) is 31.7 Å². The van der Waals surface area contributed by atoms with E-state index in [0.717, 1.165) is 18.5 Å². The standard InChI is InChI=1S/C12H16N6/c1-13-9-4-2-3-5-10-8(9)6-14-12(16-10)11-7-15-18-17-11/h6-7,9,13H,2-5H2,1H3,(H,15,17,18). The minimum absolute atomic E-state index is 0.369. The summed E-state index contributed by atoms with van der Waals surface area (Å²) in [7, 11) is 1.99. The summed E-state index contributed by atoms with van der Waals surface area (Å²) in [6, 6.07) is 0.369. The van der Waals surface area contributed by atoms with Gasteiger partial charge < -0.3 is 5.32 Å². The first kappa shape index (κ1) is 11.3. The van der Waals surface area contributed by atoms with Crippen LogP contribution < -0.4 is 5.32 Å². The molecule has 0 radical (unpaired) electrons. The van der Waals surface area contributed by atoms with Crippen molar-refractivity contribution in [3.8, 4) is 11.5 Å². The topological polar surface area (TPSA) is 79.4 Å². The van der Waals surface area contributed by atoms with E-state index in [0.29, 0.717) is 17.6 Å². The quantitative estimate of drug-likeness (QED) is 0.777. The van der Waals surface area contributed by atoms with Gasteiger partial charge in [-0.05, 0) is 26.3 Å². The van der Waals surface area contributed by atoms with Crippen molar-refractivity contribution < 1.29 is 0 Å². The molecule has 0 saturated heterocycles. The molecule has 0 aliphatic heterocycles. The van der Waals surface area contributed by atoms with Crippen LogP contribution in [-0.4, -0.2) is 32.4 Å². The van der Waals surface area contributed by atoms with Crippen LogP contribution in [0.4, 0.5) is 0 Å². The third kappa shape index (κ3) is 1.99. The molecule has 1 unspecified atom stereocenters. The lowest BCUT2D eigenvalue weighted by atomic mass is 10.1. The van der Waals surface area contributed by atoms with Crippen LogP contribution in [-0.2, 0) is 6.42 Å². The molecule has 2 aromatic heterocycles. The summed E-state index contributed by atoms with van der Waals surface area (Å²) in [5.74, 6) is 0.652. The second-order valence-electron chi connectivity index (χ2n) is 4.54. The average molecular weight is 244 g/mol. The summed E-state index contributed by atoms with van der Waals surface area (Å²) in [5, 5.41) is 13.7. The number of nitrogens with one attached hydrogen (secondary N) is 2. The second kappa shape index (κ2) is 4.81. The highest BCUT2D eigenvalue weighted by molar-refractivity contribution is 5.47. The van der Waals surface area contributed by atoms with Gasteiger partial charge in [-0.2, -0.15) is 15.4 Å². The zero-order valence-corrected chi connectivity index (χ0v) is 10.3. The number of H-pyrrole nitrogens is 1. The van der Waals surface area contributed by atoms with Crippen molar-refractivity contribution in [3.05, 3.63) is 23.7 Å². The van der Waals surface area contributed by atoms with Crippen molar-refractivity contribution in [3.63, 3.8) is 0 Å². The van der Waals surface area contributed by atoms with Crippen molar-refractivity contribution in [2.24, 2.45) is 0 Å². The van der Waals surface area contributed by atoms with E-state index in [1.165, 1.54) is 18.4 Å².